The van der Waals surface area contributed by atoms with Crippen molar-refractivity contribution in [3.05, 3.63) is 106 Å². The second-order valence-corrected chi connectivity index (χ2v) is 14.5. The molecular weight excluding hydrogens is 678 g/mol. The van der Waals surface area contributed by atoms with Crippen LogP contribution in [-0.2, 0) is 29.3 Å². The molecule has 0 radical (unpaired) electrons. The summed E-state index contributed by atoms with van der Waals surface area (Å²) >= 11 is 6.73. The summed E-state index contributed by atoms with van der Waals surface area (Å²) in [6, 6.07) is 19.1. The number of piperidine rings is 1. The molecule has 3 heterocycles. The molecule has 0 saturated carbocycles. The van der Waals surface area contributed by atoms with Gasteiger partial charge in [-0.1, -0.05) is 48.0 Å². The first kappa shape index (κ1) is 37.6. The Labute approximate surface area is 312 Å². The molecule has 1 spiro atoms. The minimum absolute atomic E-state index is 0.258. The van der Waals surface area contributed by atoms with Gasteiger partial charge in [0.25, 0.3) is 0 Å². The molecule has 2 aliphatic rings. The minimum Gasteiger partial charge on any atom is -0.493 e. The Bertz CT molecular complexity index is 1800. The number of pyridine rings is 1. The number of rotatable bonds is 16. The van der Waals surface area contributed by atoms with E-state index in [9.17, 15) is 9.90 Å². The first-order chi connectivity index (χ1) is 25.2. The number of hydrogen-bond donors (Lipinski definition) is 2. The lowest BCUT2D eigenvalue weighted by molar-refractivity contribution is -0.139. The molecule has 0 bridgehead atoms. The second kappa shape index (κ2) is 17.6. The highest BCUT2D eigenvalue weighted by molar-refractivity contribution is 6.32. The Morgan fingerprint density at radius 2 is 1.71 bits per heavy atom. The number of likely N-dealkylation sites (tertiary alicyclic amines) is 1. The molecule has 1 unspecified atom stereocenters. The van der Waals surface area contributed by atoms with Crippen molar-refractivity contribution in [2.45, 2.75) is 72.3 Å². The number of nitrogens with zero attached hydrogens (tertiary/aromatic N) is 2. The third-order valence-corrected chi connectivity index (χ3v) is 10.9. The summed E-state index contributed by atoms with van der Waals surface area (Å²) in [5.74, 6) is 1.00. The summed E-state index contributed by atoms with van der Waals surface area (Å²) < 4.78 is 24.6. The number of carbonyl (C=O) groups is 1. The van der Waals surface area contributed by atoms with Crippen LogP contribution in [0.1, 0.15) is 60.4 Å². The number of ether oxygens (including phenoxy) is 4. The van der Waals surface area contributed by atoms with Crippen molar-refractivity contribution < 1.29 is 28.8 Å². The third kappa shape index (κ3) is 9.44. The normalized spacial score (nSPS) is 16.2. The van der Waals surface area contributed by atoms with Gasteiger partial charge in [-0.25, -0.2) is 0 Å². The number of nitrogens with one attached hydrogen (secondary N) is 1. The first-order valence-corrected chi connectivity index (χ1v) is 18.6. The van der Waals surface area contributed by atoms with Gasteiger partial charge in [-0.15, -0.1) is 0 Å². The van der Waals surface area contributed by atoms with E-state index in [-0.39, 0.29) is 13.2 Å². The topological polar surface area (TPSA) is 102 Å². The van der Waals surface area contributed by atoms with Crippen molar-refractivity contribution in [2.75, 3.05) is 39.5 Å². The van der Waals surface area contributed by atoms with Gasteiger partial charge in [0.15, 0.2) is 0 Å². The molecule has 2 saturated heterocycles. The fourth-order valence-corrected chi connectivity index (χ4v) is 7.31. The molecule has 3 aromatic carbocycles. The lowest BCUT2D eigenvalue weighted by Crippen LogP contribution is -2.41. The Kier molecular flexibility index (Phi) is 12.7. The number of hydrogen-bond acceptors (Lipinski definition) is 8. The van der Waals surface area contributed by atoms with Crippen molar-refractivity contribution in [3.8, 4) is 28.4 Å². The van der Waals surface area contributed by atoms with Crippen molar-refractivity contribution in [1.82, 2.24) is 15.2 Å². The Morgan fingerprint density at radius 1 is 0.942 bits per heavy atom. The van der Waals surface area contributed by atoms with Crippen molar-refractivity contribution in [1.29, 1.82) is 0 Å². The van der Waals surface area contributed by atoms with Gasteiger partial charge in [0.05, 0.1) is 18.2 Å². The van der Waals surface area contributed by atoms with Crippen LogP contribution in [-0.4, -0.2) is 66.5 Å². The summed E-state index contributed by atoms with van der Waals surface area (Å²) in [7, 11) is 0. The molecule has 2 fully saturated rings. The fraction of sp³-hybridized carbons (Fsp3) is 0.429. The van der Waals surface area contributed by atoms with E-state index in [1.54, 1.807) is 31.5 Å². The lowest BCUT2D eigenvalue weighted by atomic mass is 9.78. The monoisotopic (exact) mass is 727 g/mol. The van der Waals surface area contributed by atoms with Crippen LogP contribution in [0.4, 0.5) is 0 Å². The van der Waals surface area contributed by atoms with Gasteiger partial charge in [0.1, 0.15) is 36.5 Å². The summed E-state index contributed by atoms with van der Waals surface area (Å²) in [6.07, 6.45) is 8.16. The molecule has 1 aromatic heterocycles. The highest BCUT2D eigenvalue weighted by atomic mass is 35.5. The van der Waals surface area contributed by atoms with Crippen LogP contribution in [0.25, 0.3) is 11.1 Å². The van der Waals surface area contributed by atoms with Crippen LogP contribution in [0.15, 0.2) is 73.1 Å². The first-order valence-electron chi connectivity index (χ1n) is 18.3. The van der Waals surface area contributed by atoms with Gasteiger partial charge >= 0.3 is 5.97 Å². The van der Waals surface area contributed by atoms with E-state index < -0.39 is 12.0 Å². The number of benzene rings is 3. The van der Waals surface area contributed by atoms with E-state index in [0.29, 0.717) is 35.2 Å². The van der Waals surface area contributed by atoms with Crippen LogP contribution in [0.2, 0.25) is 5.02 Å². The zero-order chi connectivity index (χ0) is 36.5. The van der Waals surface area contributed by atoms with Crippen LogP contribution in [0.5, 0.6) is 17.2 Å². The summed E-state index contributed by atoms with van der Waals surface area (Å²) in [4.78, 5) is 18.2. The zero-order valence-electron chi connectivity index (χ0n) is 30.5. The highest BCUT2D eigenvalue weighted by Crippen LogP contribution is 2.39. The predicted octanol–water partition coefficient (Wildman–Crippen LogP) is 8.01. The summed E-state index contributed by atoms with van der Waals surface area (Å²) in [5.41, 5.74) is 7.59. The second-order valence-electron chi connectivity index (χ2n) is 14.1. The molecule has 0 aliphatic carbocycles. The number of aromatic nitrogens is 1. The molecule has 52 heavy (non-hydrogen) atoms. The summed E-state index contributed by atoms with van der Waals surface area (Å²) in [6.45, 7) is 12.6. The zero-order valence-corrected chi connectivity index (χ0v) is 31.2. The maximum Gasteiger partial charge on any atom is 0.320 e. The van der Waals surface area contributed by atoms with Gasteiger partial charge in [-0.2, -0.15) is 0 Å². The average Bonchev–Trinajstić information content (AvgIpc) is 3.61. The predicted molar refractivity (Wildman–Crippen MR) is 203 cm³/mol. The van der Waals surface area contributed by atoms with E-state index in [4.69, 9.17) is 30.5 Å². The molecule has 0 amide bonds. The van der Waals surface area contributed by atoms with Crippen LogP contribution >= 0.6 is 11.6 Å². The van der Waals surface area contributed by atoms with Gasteiger partial charge < -0.3 is 34.3 Å². The SMILES string of the molecule is Cc1c(COc2cc(OCc3cccnc3)c(CNC(C)C(=O)O)cc2Cl)cccc1-c1cccc(OCCCN2CCC3(CCOC3)CC2)c1C. The van der Waals surface area contributed by atoms with Gasteiger partial charge in [0, 0.05) is 49.3 Å². The van der Waals surface area contributed by atoms with E-state index in [1.807, 2.05) is 12.1 Å². The van der Waals surface area contributed by atoms with Gasteiger partial charge in [0.2, 0.25) is 0 Å². The highest BCUT2D eigenvalue weighted by Gasteiger charge is 2.37. The maximum atomic E-state index is 11.4. The van der Waals surface area contributed by atoms with Crippen molar-refractivity contribution >= 4 is 17.6 Å². The Balaban J connectivity index is 1.10. The largest absolute Gasteiger partial charge is 0.493 e. The van der Waals surface area contributed by atoms with Crippen LogP contribution < -0.4 is 19.5 Å². The van der Waals surface area contributed by atoms with Gasteiger partial charge in [-0.05, 0) is 111 Å². The summed E-state index contributed by atoms with van der Waals surface area (Å²) in [5, 5.41) is 12.8. The molecule has 2 aliphatic heterocycles. The molecule has 4 aromatic rings. The smallest absolute Gasteiger partial charge is 0.320 e. The van der Waals surface area contributed by atoms with Crippen molar-refractivity contribution in [3.63, 3.8) is 0 Å². The van der Waals surface area contributed by atoms with Crippen molar-refractivity contribution in [2.24, 2.45) is 5.41 Å². The van der Waals surface area contributed by atoms with Crippen LogP contribution in [0.3, 0.4) is 0 Å². The van der Waals surface area contributed by atoms with E-state index in [2.05, 4.69) is 65.4 Å². The lowest BCUT2D eigenvalue weighted by Gasteiger charge is -2.38. The fourth-order valence-electron chi connectivity index (χ4n) is 7.07. The number of carboxylic acid groups (broad SMARTS) is 1. The number of aliphatic carboxylic acids is 1. The van der Waals surface area contributed by atoms with E-state index >= 15 is 0 Å². The molecule has 6 rings (SSSR count). The average molecular weight is 728 g/mol. The third-order valence-electron chi connectivity index (χ3n) is 10.6. The Hall–Kier alpha value is -4.15. The molecule has 1 atom stereocenters. The van der Waals surface area contributed by atoms with Gasteiger partial charge in [-0.3, -0.25) is 9.78 Å². The molecule has 9 nitrogen and oxygen atoms in total. The number of halogens is 1. The molecular formula is C42H50ClN3O6. The molecule has 2 N–H and O–H groups in total. The van der Waals surface area contributed by atoms with Crippen LogP contribution in [0, 0.1) is 19.3 Å². The molecule has 10 heteroatoms. The minimum atomic E-state index is -0.937. The Morgan fingerprint density at radius 3 is 2.44 bits per heavy atom. The van der Waals surface area contributed by atoms with E-state index in [0.717, 1.165) is 84.0 Å². The number of carboxylic acids is 1. The molecule has 276 valence electrons. The maximum absolute atomic E-state index is 11.4. The van der Waals surface area contributed by atoms with E-state index in [1.165, 1.54) is 19.3 Å². The standard InChI is InChI=1S/C42H50ClN3O6/c1-29-33(27-52-40-23-39(51-26-32-8-6-16-44-24-32)34(22-37(40)43)25-45-31(3)41(47)48)9-4-10-35(29)36-11-5-12-38(30(36)2)50-20-7-17-46-18-13-42(14-19-46)15-21-49-28-42/h4-6,8-12,16,22-24,31,45H,7,13-15,17-21,25-28H2,1-3H3,(H,47,48). The quantitative estimate of drug-likeness (QED) is 0.111.